The summed E-state index contributed by atoms with van der Waals surface area (Å²) in [6.07, 6.45) is 1.71. The standard InChI is InChI=1S/C23H24ClN3O2/c1-15-12-16(2)27(25-15)14-17-6-4-7-18(13-17)23(28)26-11-5-8-19-20(24)9-10-21(29-3)22(19)26/h4,6-7,9-10,12-13H,5,8,11,14H2,1-3H3. The molecular formula is C23H24ClN3O2. The number of hydrogen-bond acceptors (Lipinski definition) is 3. The molecule has 0 saturated carbocycles. The number of hydrogen-bond donors (Lipinski definition) is 0. The molecule has 29 heavy (non-hydrogen) atoms. The van der Waals surface area contributed by atoms with Crippen LogP contribution in [0.2, 0.25) is 5.02 Å². The maximum absolute atomic E-state index is 13.4. The Morgan fingerprint density at radius 3 is 2.76 bits per heavy atom. The Hall–Kier alpha value is -2.79. The molecular weight excluding hydrogens is 386 g/mol. The number of aromatic nitrogens is 2. The number of carbonyl (C=O) groups excluding carboxylic acids is 1. The molecule has 0 spiro atoms. The zero-order chi connectivity index (χ0) is 20.5. The number of amides is 1. The van der Waals surface area contributed by atoms with E-state index in [0.29, 0.717) is 29.4 Å². The van der Waals surface area contributed by atoms with Crippen molar-refractivity contribution in [3.63, 3.8) is 0 Å². The van der Waals surface area contributed by atoms with Crippen LogP contribution < -0.4 is 9.64 Å². The van der Waals surface area contributed by atoms with Crippen molar-refractivity contribution in [3.05, 3.63) is 75.6 Å². The monoisotopic (exact) mass is 409 g/mol. The van der Waals surface area contributed by atoms with Crippen LogP contribution in [-0.2, 0) is 13.0 Å². The van der Waals surface area contributed by atoms with Gasteiger partial charge in [-0.25, -0.2) is 0 Å². The second kappa shape index (κ2) is 7.91. The van der Waals surface area contributed by atoms with Crippen LogP contribution in [0.1, 0.15) is 39.3 Å². The summed E-state index contributed by atoms with van der Waals surface area (Å²) in [5, 5.41) is 5.20. The molecule has 2 aromatic carbocycles. The summed E-state index contributed by atoms with van der Waals surface area (Å²) >= 11 is 6.42. The van der Waals surface area contributed by atoms with E-state index in [-0.39, 0.29) is 5.91 Å². The molecule has 1 aliphatic rings. The molecule has 0 atom stereocenters. The molecule has 0 N–H and O–H groups in total. The van der Waals surface area contributed by atoms with Crippen molar-refractivity contribution in [2.75, 3.05) is 18.6 Å². The molecule has 0 bridgehead atoms. The number of benzene rings is 2. The minimum Gasteiger partial charge on any atom is -0.495 e. The zero-order valence-corrected chi connectivity index (χ0v) is 17.7. The minimum atomic E-state index is -0.0401. The van der Waals surface area contributed by atoms with Crippen LogP contribution in [0.3, 0.4) is 0 Å². The molecule has 1 aliphatic heterocycles. The quantitative estimate of drug-likeness (QED) is 0.621. The Balaban J connectivity index is 1.67. The topological polar surface area (TPSA) is 47.4 Å². The first kappa shape index (κ1) is 19.5. The maximum atomic E-state index is 13.4. The molecule has 0 radical (unpaired) electrons. The third kappa shape index (κ3) is 3.75. The lowest BCUT2D eigenvalue weighted by atomic mass is 9.99. The SMILES string of the molecule is COc1ccc(Cl)c2c1N(C(=O)c1cccc(Cn3nc(C)cc3C)c1)CCC2. The van der Waals surface area contributed by atoms with Crippen LogP contribution in [0, 0.1) is 13.8 Å². The molecule has 5 nitrogen and oxygen atoms in total. The second-order valence-corrected chi connectivity index (χ2v) is 7.83. The summed E-state index contributed by atoms with van der Waals surface area (Å²) in [4.78, 5) is 15.2. The molecule has 4 rings (SSSR count). The first-order chi connectivity index (χ1) is 14.0. The average molecular weight is 410 g/mol. The molecule has 1 amide bonds. The van der Waals surface area contributed by atoms with Crippen molar-refractivity contribution in [1.29, 1.82) is 0 Å². The predicted octanol–water partition coefficient (Wildman–Crippen LogP) is 4.80. The largest absolute Gasteiger partial charge is 0.495 e. The smallest absolute Gasteiger partial charge is 0.258 e. The van der Waals surface area contributed by atoms with E-state index in [1.807, 2.05) is 54.9 Å². The summed E-state index contributed by atoms with van der Waals surface area (Å²) in [5.74, 6) is 0.637. The Kier molecular flexibility index (Phi) is 5.33. The van der Waals surface area contributed by atoms with Crippen LogP contribution in [-0.4, -0.2) is 29.3 Å². The van der Waals surface area contributed by atoms with Crippen molar-refractivity contribution >= 4 is 23.2 Å². The Morgan fingerprint density at radius 2 is 2.03 bits per heavy atom. The highest BCUT2D eigenvalue weighted by Gasteiger charge is 2.28. The van der Waals surface area contributed by atoms with Crippen LogP contribution in [0.5, 0.6) is 5.75 Å². The van der Waals surface area contributed by atoms with E-state index in [1.54, 1.807) is 12.0 Å². The van der Waals surface area contributed by atoms with Gasteiger partial charge in [0.25, 0.3) is 5.91 Å². The number of fused-ring (bicyclic) bond motifs is 1. The van der Waals surface area contributed by atoms with Crippen LogP contribution >= 0.6 is 11.6 Å². The Bertz CT molecular complexity index is 1070. The van der Waals surface area contributed by atoms with Gasteiger partial charge in [0.15, 0.2) is 0 Å². The van der Waals surface area contributed by atoms with Crippen molar-refractivity contribution in [2.24, 2.45) is 0 Å². The molecule has 1 aromatic heterocycles. The van der Waals surface area contributed by atoms with E-state index in [4.69, 9.17) is 16.3 Å². The van der Waals surface area contributed by atoms with Crippen LogP contribution in [0.4, 0.5) is 5.69 Å². The number of halogens is 1. The fraction of sp³-hybridized carbons (Fsp3) is 0.304. The first-order valence-corrected chi connectivity index (χ1v) is 10.1. The fourth-order valence-electron chi connectivity index (χ4n) is 3.98. The third-order valence-corrected chi connectivity index (χ3v) is 5.70. The van der Waals surface area contributed by atoms with Gasteiger partial charge in [-0.05, 0) is 68.1 Å². The highest BCUT2D eigenvalue weighted by atomic mass is 35.5. The van der Waals surface area contributed by atoms with Gasteiger partial charge in [0.1, 0.15) is 5.75 Å². The number of carbonyl (C=O) groups is 1. The lowest BCUT2D eigenvalue weighted by molar-refractivity contribution is 0.0984. The van der Waals surface area contributed by atoms with Gasteiger partial charge in [0, 0.05) is 22.8 Å². The van der Waals surface area contributed by atoms with Gasteiger partial charge < -0.3 is 9.64 Å². The summed E-state index contributed by atoms with van der Waals surface area (Å²) < 4.78 is 7.49. The van der Waals surface area contributed by atoms with E-state index in [9.17, 15) is 4.79 Å². The second-order valence-electron chi connectivity index (χ2n) is 7.42. The van der Waals surface area contributed by atoms with Crippen molar-refractivity contribution < 1.29 is 9.53 Å². The van der Waals surface area contributed by atoms with E-state index in [0.717, 1.165) is 41.0 Å². The van der Waals surface area contributed by atoms with E-state index >= 15 is 0 Å². The normalized spacial score (nSPS) is 13.3. The highest BCUT2D eigenvalue weighted by molar-refractivity contribution is 6.32. The Morgan fingerprint density at radius 1 is 1.21 bits per heavy atom. The van der Waals surface area contributed by atoms with Gasteiger partial charge in [-0.3, -0.25) is 9.48 Å². The number of ether oxygens (including phenoxy) is 1. The van der Waals surface area contributed by atoms with Crippen molar-refractivity contribution in [1.82, 2.24) is 9.78 Å². The lowest BCUT2D eigenvalue weighted by Gasteiger charge is -2.31. The number of rotatable bonds is 4. The molecule has 2 heterocycles. The van der Waals surface area contributed by atoms with E-state index < -0.39 is 0 Å². The Labute approximate surface area is 175 Å². The molecule has 0 aliphatic carbocycles. The van der Waals surface area contributed by atoms with Gasteiger partial charge in [0.2, 0.25) is 0 Å². The molecule has 3 aromatic rings. The number of aryl methyl sites for hydroxylation is 2. The summed E-state index contributed by atoms with van der Waals surface area (Å²) in [6, 6.07) is 13.5. The van der Waals surface area contributed by atoms with Gasteiger partial charge >= 0.3 is 0 Å². The fourth-order valence-corrected chi connectivity index (χ4v) is 4.23. The van der Waals surface area contributed by atoms with E-state index in [2.05, 4.69) is 11.2 Å². The highest BCUT2D eigenvalue weighted by Crippen LogP contribution is 2.40. The molecule has 6 heteroatoms. The summed E-state index contributed by atoms with van der Waals surface area (Å²) in [7, 11) is 1.62. The van der Waals surface area contributed by atoms with Crippen molar-refractivity contribution in [2.45, 2.75) is 33.2 Å². The van der Waals surface area contributed by atoms with E-state index in [1.165, 1.54) is 0 Å². The number of nitrogens with zero attached hydrogens (tertiary/aromatic N) is 3. The lowest BCUT2D eigenvalue weighted by Crippen LogP contribution is -2.36. The zero-order valence-electron chi connectivity index (χ0n) is 16.9. The van der Waals surface area contributed by atoms with Gasteiger partial charge in [-0.2, -0.15) is 5.10 Å². The predicted molar refractivity (Wildman–Crippen MR) is 115 cm³/mol. The molecule has 0 unspecified atom stereocenters. The van der Waals surface area contributed by atoms with Gasteiger partial charge in [0.05, 0.1) is 25.0 Å². The number of anilines is 1. The van der Waals surface area contributed by atoms with Crippen LogP contribution in [0.15, 0.2) is 42.5 Å². The summed E-state index contributed by atoms with van der Waals surface area (Å²) in [6.45, 7) is 5.29. The van der Waals surface area contributed by atoms with Gasteiger partial charge in [-0.15, -0.1) is 0 Å². The summed E-state index contributed by atoms with van der Waals surface area (Å²) in [5.41, 5.74) is 5.55. The average Bonchev–Trinajstić information content (AvgIpc) is 3.04. The number of methoxy groups -OCH3 is 1. The van der Waals surface area contributed by atoms with Crippen molar-refractivity contribution in [3.8, 4) is 5.75 Å². The molecule has 0 saturated heterocycles. The maximum Gasteiger partial charge on any atom is 0.258 e. The first-order valence-electron chi connectivity index (χ1n) is 9.75. The molecule has 0 fully saturated rings. The third-order valence-electron chi connectivity index (χ3n) is 5.34. The van der Waals surface area contributed by atoms with Gasteiger partial charge in [-0.1, -0.05) is 23.7 Å². The molecule has 150 valence electrons. The van der Waals surface area contributed by atoms with Crippen LogP contribution in [0.25, 0.3) is 0 Å². The minimum absolute atomic E-state index is 0.0401.